The Hall–Kier alpha value is -3.21. The summed E-state index contributed by atoms with van der Waals surface area (Å²) in [5.41, 5.74) is -0.369. The fourth-order valence-corrected chi connectivity index (χ4v) is 4.66. The van der Waals surface area contributed by atoms with Crippen molar-refractivity contribution in [2.24, 2.45) is 0 Å². The minimum atomic E-state index is -4.64. The summed E-state index contributed by atoms with van der Waals surface area (Å²) in [5, 5.41) is 5.13. The van der Waals surface area contributed by atoms with Crippen molar-refractivity contribution in [2.45, 2.75) is 51.7 Å². The number of carbonyl (C=O) groups is 2. The van der Waals surface area contributed by atoms with Crippen molar-refractivity contribution >= 4 is 23.3 Å². The molecule has 11 heteroatoms. The van der Waals surface area contributed by atoms with E-state index >= 15 is 0 Å². The number of alkyl halides is 3. The Morgan fingerprint density at radius 2 is 1.86 bits per heavy atom. The summed E-state index contributed by atoms with van der Waals surface area (Å²) in [5.74, 6) is -1.66. The number of nitrogens with zero attached hydrogens (tertiary/aromatic N) is 4. The van der Waals surface area contributed by atoms with Gasteiger partial charge in [-0.3, -0.25) is 9.59 Å². The summed E-state index contributed by atoms with van der Waals surface area (Å²) in [6.07, 6.45) is -1.86. The van der Waals surface area contributed by atoms with E-state index in [0.717, 1.165) is 49.6 Å². The molecule has 1 aromatic carbocycles. The number of halogens is 4. The molecule has 0 bridgehead atoms. The van der Waals surface area contributed by atoms with E-state index in [4.69, 9.17) is 0 Å². The number of hydrazine groups is 1. The van der Waals surface area contributed by atoms with Gasteiger partial charge in [-0.05, 0) is 88.6 Å². The van der Waals surface area contributed by atoms with Crippen LogP contribution in [0.4, 0.5) is 29.1 Å². The molecule has 4 rings (SSSR count). The zero-order valence-corrected chi connectivity index (χ0v) is 20.2. The molecule has 0 spiro atoms. The molecule has 2 aromatic rings. The Morgan fingerprint density at radius 3 is 2.53 bits per heavy atom. The van der Waals surface area contributed by atoms with Gasteiger partial charge in [-0.2, -0.15) is 13.2 Å². The van der Waals surface area contributed by atoms with Crippen LogP contribution in [0.5, 0.6) is 0 Å². The van der Waals surface area contributed by atoms with Crippen LogP contribution in [0, 0.1) is 19.7 Å². The van der Waals surface area contributed by atoms with Crippen molar-refractivity contribution in [1.82, 2.24) is 15.2 Å². The molecule has 1 atom stereocenters. The molecular weight excluding hydrogens is 478 g/mol. The number of benzene rings is 1. The van der Waals surface area contributed by atoms with E-state index in [1.807, 2.05) is 0 Å². The maximum atomic E-state index is 13.9. The van der Waals surface area contributed by atoms with Crippen LogP contribution in [0.1, 0.15) is 42.5 Å². The predicted molar refractivity (Wildman–Crippen MR) is 127 cm³/mol. The van der Waals surface area contributed by atoms with Gasteiger partial charge >= 0.3 is 6.18 Å². The van der Waals surface area contributed by atoms with Gasteiger partial charge in [-0.25, -0.2) is 19.4 Å². The van der Waals surface area contributed by atoms with E-state index in [1.54, 1.807) is 0 Å². The lowest BCUT2D eigenvalue weighted by atomic mass is 10.1. The number of pyridine rings is 1. The number of carbonyl (C=O) groups excluding carboxylic acids is 2. The highest BCUT2D eigenvalue weighted by atomic mass is 19.4. The van der Waals surface area contributed by atoms with Crippen molar-refractivity contribution < 1.29 is 27.2 Å². The molecule has 194 valence electrons. The summed E-state index contributed by atoms with van der Waals surface area (Å²) in [6, 6.07) is 4.56. The summed E-state index contributed by atoms with van der Waals surface area (Å²) >= 11 is 0. The van der Waals surface area contributed by atoms with Crippen molar-refractivity contribution in [2.75, 3.05) is 36.2 Å². The molecule has 1 aromatic heterocycles. The van der Waals surface area contributed by atoms with E-state index in [1.165, 1.54) is 37.1 Å². The van der Waals surface area contributed by atoms with Gasteiger partial charge in [0, 0.05) is 12.2 Å². The second-order valence-corrected chi connectivity index (χ2v) is 9.25. The summed E-state index contributed by atoms with van der Waals surface area (Å²) < 4.78 is 54.6. The van der Waals surface area contributed by atoms with E-state index in [2.05, 4.69) is 15.2 Å². The zero-order valence-electron chi connectivity index (χ0n) is 20.2. The zero-order chi connectivity index (χ0) is 26.0. The lowest BCUT2D eigenvalue weighted by Gasteiger charge is -2.33. The molecule has 1 N–H and O–H groups in total. The molecule has 2 saturated heterocycles. The summed E-state index contributed by atoms with van der Waals surface area (Å²) in [7, 11) is 0. The highest BCUT2D eigenvalue weighted by molar-refractivity contribution is 6.05. The number of amides is 2. The monoisotopic (exact) mass is 507 g/mol. The van der Waals surface area contributed by atoms with Crippen LogP contribution in [0.2, 0.25) is 0 Å². The third-order valence-corrected chi connectivity index (χ3v) is 6.45. The van der Waals surface area contributed by atoms with Crippen molar-refractivity contribution in [3.05, 3.63) is 53.0 Å². The lowest BCUT2D eigenvalue weighted by molar-refractivity contribution is -0.137. The van der Waals surface area contributed by atoms with Crippen LogP contribution in [-0.4, -0.2) is 53.9 Å². The number of aryl methyl sites for hydroxylation is 2. The Kier molecular flexibility index (Phi) is 7.49. The molecule has 1 unspecified atom stereocenters. The Bertz CT molecular complexity index is 1130. The van der Waals surface area contributed by atoms with Gasteiger partial charge < -0.3 is 10.2 Å². The molecule has 2 aliphatic heterocycles. The highest BCUT2D eigenvalue weighted by Gasteiger charge is 2.44. The number of hydrogen-bond donors (Lipinski definition) is 1. The van der Waals surface area contributed by atoms with E-state index in [0.29, 0.717) is 13.0 Å². The summed E-state index contributed by atoms with van der Waals surface area (Å²) in [6.45, 7) is 6.20. The average Bonchev–Trinajstić information content (AvgIpc) is 3.45. The predicted octanol–water partition coefficient (Wildman–Crippen LogP) is 3.99. The first-order chi connectivity index (χ1) is 17.0. The Morgan fingerprint density at radius 1 is 1.14 bits per heavy atom. The smallest absolute Gasteiger partial charge is 0.354 e. The lowest BCUT2D eigenvalue weighted by Crippen LogP contribution is -2.50. The first-order valence-corrected chi connectivity index (χ1v) is 12.0. The SMILES string of the molecule is Cc1cc(C(F)(F)F)cc(N2C(C(=O)NCCCN3CCCC3)CC(=O)N2c2ccc(F)c(C)c2)n1. The molecule has 7 nitrogen and oxygen atoms in total. The Labute approximate surface area is 207 Å². The summed E-state index contributed by atoms with van der Waals surface area (Å²) in [4.78, 5) is 32.8. The van der Waals surface area contributed by atoms with Gasteiger partial charge in [-0.15, -0.1) is 0 Å². The molecule has 2 amide bonds. The number of likely N-dealkylation sites (tertiary alicyclic amines) is 1. The van der Waals surface area contributed by atoms with Gasteiger partial charge in [0.2, 0.25) is 11.8 Å². The van der Waals surface area contributed by atoms with Crippen LogP contribution in [0.3, 0.4) is 0 Å². The van der Waals surface area contributed by atoms with E-state index < -0.39 is 35.4 Å². The molecule has 0 saturated carbocycles. The molecule has 0 aliphatic carbocycles. The quantitative estimate of drug-likeness (QED) is 0.454. The molecule has 2 fully saturated rings. The third kappa shape index (κ3) is 5.61. The second-order valence-electron chi connectivity index (χ2n) is 9.25. The third-order valence-electron chi connectivity index (χ3n) is 6.45. The van der Waals surface area contributed by atoms with Crippen LogP contribution in [0.15, 0.2) is 30.3 Å². The van der Waals surface area contributed by atoms with Crippen LogP contribution in [-0.2, 0) is 15.8 Å². The van der Waals surface area contributed by atoms with Crippen LogP contribution < -0.4 is 15.3 Å². The van der Waals surface area contributed by atoms with E-state index in [9.17, 15) is 27.2 Å². The van der Waals surface area contributed by atoms with Gasteiger partial charge in [0.15, 0.2) is 0 Å². The first kappa shape index (κ1) is 25.9. The maximum absolute atomic E-state index is 13.9. The van der Waals surface area contributed by atoms with Gasteiger partial charge in [0.05, 0.1) is 17.7 Å². The largest absolute Gasteiger partial charge is 0.416 e. The number of aromatic nitrogens is 1. The maximum Gasteiger partial charge on any atom is 0.416 e. The minimum Gasteiger partial charge on any atom is -0.354 e. The molecular formula is C25H29F4N5O2. The number of hydrogen-bond acceptors (Lipinski definition) is 5. The highest BCUT2D eigenvalue weighted by Crippen LogP contribution is 2.36. The van der Waals surface area contributed by atoms with Gasteiger partial charge in [0.25, 0.3) is 0 Å². The fourth-order valence-electron chi connectivity index (χ4n) is 4.66. The van der Waals surface area contributed by atoms with Crippen LogP contribution in [0.25, 0.3) is 0 Å². The van der Waals surface area contributed by atoms with Crippen molar-refractivity contribution in [3.63, 3.8) is 0 Å². The minimum absolute atomic E-state index is 0.0826. The Balaban J connectivity index is 1.63. The van der Waals surface area contributed by atoms with Crippen molar-refractivity contribution in [3.8, 4) is 0 Å². The van der Waals surface area contributed by atoms with Crippen LogP contribution >= 0.6 is 0 Å². The topological polar surface area (TPSA) is 68.8 Å². The fraction of sp³-hybridized carbons (Fsp3) is 0.480. The molecule has 36 heavy (non-hydrogen) atoms. The van der Waals surface area contributed by atoms with Gasteiger partial charge in [-0.1, -0.05) is 0 Å². The number of nitrogens with one attached hydrogen (secondary N) is 1. The normalized spacial score (nSPS) is 18.8. The van der Waals surface area contributed by atoms with E-state index in [-0.39, 0.29) is 29.2 Å². The number of rotatable bonds is 7. The molecule has 3 heterocycles. The first-order valence-electron chi connectivity index (χ1n) is 12.0. The molecule has 2 aliphatic rings. The standard InChI is InChI=1S/C25H29F4N5O2/c1-16-12-19(6-7-20(16)26)33-23(35)15-21(24(36)30-8-5-11-32-9-3-4-10-32)34(33)22-14-18(25(27,28)29)13-17(2)31-22/h6-7,12-14,21H,3-5,8-11,15H2,1-2H3,(H,30,36). The van der Waals surface area contributed by atoms with Crippen molar-refractivity contribution in [1.29, 1.82) is 0 Å². The average molecular weight is 508 g/mol. The molecule has 0 radical (unpaired) electrons. The second kappa shape index (κ2) is 10.4. The number of anilines is 2. The van der Waals surface area contributed by atoms with Gasteiger partial charge in [0.1, 0.15) is 17.7 Å².